The zero-order valence-corrected chi connectivity index (χ0v) is 9.49. The van der Waals surface area contributed by atoms with Crippen molar-refractivity contribution in [3.63, 3.8) is 0 Å². The molecule has 0 aliphatic rings. The Morgan fingerprint density at radius 2 is 1.50 bits per heavy atom. The molecule has 8 heteroatoms. The Morgan fingerprint density at radius 1 is 1.00 bits per heavy atom. The number of rotatable bonds is 8. The molecule has 0 fully saturated rings. The monoisotopic (exact) mass is 236 g/mol. The second-order valence-corrected chi connectivity index (χ2v) is 3.87. The van der Waals surface area contributed by atoms with Crippen molar-refractivity contribution >= 4 is 0 Å². The highest BCUT2D eigenvalue weighted by molar-refractivity contribution is 4.65. The van der Waals surface area contributed by atoms with E-state index in [-0.39, 0.29) is 0 Å². The lowest BCUT2D eigenvalue weighted by atomic mass is 10.0. The fourth-order valence-corrected chi connectivity index (χ4v) is 1.18. The largest absolute Gasteiger partial charge is 0.309 e. The van der Waals surface area contributed by atoms with Crippen molar-refractivity contribution in [3.05, 3.63) is 20.2 Å². The summed E-state index contributed by atoms with van der Waals surface area (Å²) in [5, 5.41) is 18.4. The van der Waals surface area contributed by atoms with Gasteiger partial charge in [-0.25, -0.2) is 0 Å². The van der Waals surface area contributed by atoms with Gasteiger partial charge in [0.25, 0.3) is 10.2 Å². The number of hydrogen-bond donors (Lipinski definition) is 0. The minimum absolute atomic E-state index is 0.334. The third kappa shape index (κ3) is 6.80. The lowest BCUT2D eigenvalue weighted by molar-refractivity contribution is -0.798. The topological polar surface area (TPSA) is 105 Å². The summed E-state index contributed by atoms with van der Waals surface area (Å²) >= 11 is 0. The van der Waals surface area contributed by atoms with Crippen LogP contribution in [-0.4, -0.2) is 22.4 Å². The van der Waals surface area contributed by atoms with Gasteiger partial charge in [-0.05, 0) is 25.7 Å². The van der Waals surface area contributed by atoms with E-state index in [0.717, 1.165) is 0 Å². The fraction of sp³-hybridized carbons (Fsp3) is 1.00. The Bertz CT molecular complexity index is 245. The molecule has 0 heterocycles. The molecular weight excluding hydrogens is 220 g/mol. The first-order valence-electron chi connectivity index (χ1n) is 4.95. The summed E-state index contributed by atoms with van der Waals surface area (Å²) in [4.78, 5) is 28.9. The van der Waals surface area contributed by atoms with Gasteiger partial charge in [0.15, 0.2) is 0 Å². The van der Waals surface area contributed by atoms with Crippen LogP contribution >= 0.6 is 0 Å². The van der Waals surface area contributed by atoms with E-state index in [9.17, 15) is 20.2 Å². The van der Waals surface area contributed by atoms with Crippen LogP contribution in [0.15, 0.2) is 0 Å². The van der Waals surface area contributed by atoms with Gasteiger partial charge >= 0.3 is 0 Å². The van der Waals surface area contributed by atoms with Gasteiger partial charge in [-0.15, -0.1) is 20.2 Å². The molecular formula is C8H16N2O6. The van der Waals surface area contributed by atoms with Gasteiger partial charge < -0.3 is 9.68 Å². The van der Waals surface area contributed by atoms with E-state index >= 15 is 0 Å². The normalized spacial score (nSPS) is 14.2. The van der Waals surface area contributed by atoms with Crippen LogP contribution in [-0.2, 0) is 9.68 Å². The van der Waals surface area contributed by atoms with Crippen LogP contribution in [0.4, 0.5) is 0 Å². The third-order valence-electron chi connectivity index (χ3n) is 2.03. The Labute approximate surface area is 92.7 Å². The van der Waals surface area contributed by atoms with Crippen molar-refractivity contribution in [2.45, 2.75) is 45.8 Å². The van der Waals surface area contributed by atoms with Gasteiger partial charge in [0, 0.05) is 0 Å². The zero-order valence-electron chi connectivity index (χ0n) is 9.49. The average Bonchev–Trinajstić information content (AvgIpc) is 2.09. The van der Waals surface area contributed by atoms with Crippen molar-refractivity contribution in [1.29, 1.82) is 0 Å². The van der Waals surface area contributed by atoms with Crippen LogP contribution in [0.3, 0.4) is 0 Å². The maximum atomic E-state index is 10.2. The predicted octanol–water partition coefficient (Wildman–Crippen LogP) is 1.60. The minimum atomic E-state index is -0.976. The maximum absolute atomic E-state index is 10.2. The lowest BCUT2D eigenvalue weighted by Gasteiger charge is -2.20. The van der Waals surface area contributed by atoms with Gasteiger partial charge in [-0.3, -0.25) is 0 Å². The molecule has 0 radical (unpaired) electrons. The van der Waals surface area contributed by atoms with E-state index in [0.29, 0.717) is 18.8 Å². The molecule has 0 saturated carbocycles. The van der Waals surface area contributed by atoms with E-state index < -0.39 is 22.4 Å². The fourth-order valence-electron chi connectivity index (χ4n) is 1.18. The Balaban J connectivity index is 4.28. The standard InChI is InChI=1S/C8H16N2O6/c1-6(2)4-5-8(16-10(13)14)7(3)15-9(11)12/h6-8H,4-5H2,1-3H3/t7-,8-/m1/s1. The van der Waals surface area contributed by atoms with Gasteiger partial charge in [-0.2, -0.15) is 0 Å². The molecule has 0 aliphatic carbocycles. The van der Waals surface area contributed by atoms with Crippen molar-refractivity contribution in [3.8, 4) is 0 Å². The van der Waals surface area contributed by atoms with Gasteiger partial charge in [0.05, 0.1) is 0 Å². The highest BCUT2D eigenvalue weighted by Crippen LogP contribution is 2.14. The van der Waals surface area contributed by atoms with Crippen molar-refractivity contribution in [1.82, 2.24) is 0 Å². The summed E-state index contributed by atoms with van der Waals surface area (Å²) in [6, 6.07) is 0. The molecule has 0 saturated heterocycles. The highest BCUT2D eigenvalue weighted by atomic mass is 17.0. The molecule has 0 bridgehead atoms. The van der Waals surface area contributed by atoms with Gasteiger partial charge in [-0.1, -0.05) is 13.8 Å². The van der Waals surface area contributed by atoms with Gasteiger partial charge in [0.1, 0.15) is 12.2 Å². The summed E-state index contributed by atoms with van der Waals surface area (Å²) in [6.07, 6.45) is -0.862. The SMILES string of the molecule is CC(C)CC[C@@H](O[N+](=O)[O-])[C@@H](C)O[N+](=O)[O-]. The summed E-state index contributed by atoms with van der Waals surface area (Å²) in [7, 11) is 0. The van der Waals surface area contributed by atoms with E-state index in [4.69, 9.17) is 0 Å². The van der Waals surface area contributed by atoms with Crippen molar-refractivity contribution in [2.75, 3.05) is 0 Å². The number of hydrogen-bond acceptors (Lipinski definition) is 6. The smallest absolute Gasteiger partial charge is 0.294 e. The quantitative estimate of drug-likeness (QED) is 0.468. The Kier molecular flexibility index (Phi) is 6.12. The molecule has 0 aliphatic heterocycles. The van der Waals surface area contributed by atoms with Crippen LogP contribution in [0.25, 0.3) is 0 Å². The first-order chi connectivity index (χ1) is 7.32. The highest BCUT2D eigenvalue weighted by Gasteiger charge is 2.24. The van der Waals surface area contributed by atoms with E-state index in [1.54, 1.807) is 0 Å². The molecule has 2 atom stereocenters. The lowest BCUT2D eigenvalue weighted by Crippen LogP contribution is -2.33. The second kappa shape index (κ2) is 6.81. The third-order valence-corrected chi connectivity index (χ3v) is 2.03. The molecule has 0 unspecified atom stereocenters. The maximum Gasteiger partial charge on any atom is 0.294 e. The van der Waals surface area contributed by atoms with Crippen LogP contribution < -0.4 is 0 Å². The molecule has 0 rings (SSSR count). The Morgan fingerprint density at radius 3 is 1.88 bits per heavy atom. The summed E-state index contributed by atoms with van der Waals surface area (Å²) in [5.41, 5.74) is 0. The van der Waals surface area contributed by atoms with Gasteiger partial charge in [0.2, 0.25) is 0 Å². The molecule has 0 N–H and O–H groups in total. The van der Waals surface area contributed by atoms with E-state index in [2.05, 4.69) is 9.68 Å². The van der Waals surface area contributed by atoms with Crippen LogP contribution in [0.2, 0.25) is 0 Å². The van der Waals surface area contributed by atoms with Crippen LogP contribution in [0, 0.1) is 26.1 Å². The molecule has 8 nitrogen and oxygen atoms in total. The summed E-state index contributed by atoms with van der Waals surface area (Å²) in [6.45, 7) is 5.27. The minimum Gasteiger partial charge on any atom is -0.309 e. The predicted molar refractivity (Wildman–Crippen MR) is 53.5 cm³/mol. The number of nitrogens with zero attached hydrogens (tertiary/aromatic N) is 2. The van der Waals surface area contributed by atoms with Crippen molar-refractivity contribution in [2.24, 2.45) is 5.92 Å². The first kappa shape index (κ1) is 14.4. The molecule has 94 valence electrons. The Hall–Kier alpha value is -1.60. The zero-order chi connectivity index (χ0) is 12.7. The molecule has 16 heavy (non-hydrogen) atoms. The second-order valence-electron chi connectivity index (χ2n) is 3.87. The van der Waals surface area contributed by atoms with Crippen molar-refractivity contribution < 1.29 is 19.8 Å². The average molecular weight is 236 g/mol. The summed E-state index contributed by atoms with van der Waals surface area (Å²) in [5.74, 6) is 0.334. The van der Waals surface area contributed by atoms with Crippen LogP contribution in [0.1, 0.15) is 33.6 Å². The first-order valence-corrected chi connectivity index (χ1v) is 4.95. The molecule has 0 amide bonds. The summed E-state index contributed by atoms with van der Waals surface area (Å²) < 4.78 is 0. The molecule has 0 spiro atoms. The van der Waals surface area contributed by atoms with E-state index in [1.807, 2.05) is 13.8 Å². The molecule has 0 aromatic heterocycles. The van der Waals surface area contributed by atoms with Crippen LogP contribution in [0.5, 0.6) is 0 Å². The molecule has 0 aromatic carbocycles. The molecule has 0 aromatic rings. The van der Waals surface area contributed by atoms with E-state index in [1.165, 1.54) is 6.92 Å².